The number of nitrogens with one attached hydrogen (secondary N) is 1. The van der Waals surface area contributed by atoms with Gasteiger partial charge in [-0.15, -0.1) is 0 Å². The normalized spacial score (nSPS) is 12.6. The van der Waals surface area contributed by atoms with Crippen LogP contribution < -0.4 is 14.8 Å². The van der Waals surface area contributed by atoms with E-state index in [1.807, 2.05) is 0 Å². The first-order valence-electron chi connectivity index (χ1n) is 8.20. The molecule has 8 heteroatoms. The Hall–Kier alpha value is -3.42. The number of nitrogens with zero attached hydrogens (tertiary/aromatic N) is 3. The van der Waals surface area contributed by atoms with Gasteiger partial charge in [-0.05, 0) is 24.3 Å². The molecule has 1 aromatic carbocycles. The van der Waals surface area contributed by atoms with Crippen LogP contribution in [0.2, 0.25) is 0 Å². The third-order valence-electron chi connectivity index (χ3n) is 3.80. The molecule has 1 N–H and O–H groups in total. The maximum Gasteiger partial charge on any atom is 0.227 e. The van der Waals surface area contributed by atoms with Crippen LogP contribution in [0.15, 0.2) is 47.2 Å². The topological polar surface area (TPSA) is 99.4 Å². The molecule has 0 unspecified atom stereocenters. The van der Waals surface area contributed by atoms with Crippen LogP contribution in [0.25, 0.3) is 11.4 Å². The molecular formula is C18H16N4O4. The number of aryl methyl sites for hydroxylation is 1. The highest BCUT2D eigenvalue weighted by Gasteiger charge is 2.14. The maximum absolute atomic E-state index is 12.1. The minimum Gasteiger partial charge on any atom is -0.486 e. The van der Waals surface area contributed by atoms with Crippen LogP contribution in [-0.4, -0.2) is 34.2 Å². The van der Waals surface area contributed by atoms with Crippen LogP contribution in [0, 0.1) is 0 Å². The standard InChI is InChI=1S/C18H16N4O4/c23-16(20-13-1-2-14-15(11-13)25-10-9-24-14)3-4-17-21-18(22-26-17)12-5-7-19-8-6-12/h1-2,5-8,11H,3-4,9-10H2,(H,20,23). The van der Waals surface area contributed by atoms with Crippen LogP contribution in [0.1, 0.15) is 12.3 Å². The molecule has 0 fully saturated rings. The summed E-state index contributed by atoms with van der Waals surface area (Å²) in [6.45, 7) is 1.03. The summed E-state index contributed by atoms with van der Waals surface area (Å²) in [5.74, 6) is 2.06. The zero-order chi connectivity index (χ0) is 17.8. The quantitative estimate of drug-likeness (QED) is 0.753. The fraction of sp³-hybridized carbons (Fsp3) is 0.222. The van der Waals surface area contributed by atoms with Crippen molar-refractivity contribution < 1.29 is 18.8 Å². The summed E-state index contributed by atoms with van der Waals surface area (Å²) in [6, 6.07) is 8.90. The molecule has 2 aromatic heterocycles. The second-order valence-electron chi connectivity index (χ2n) is 5.65. The number of carbonyl (C=O) groups excluding carboxylic acids is 1. The van der Waals surface area contributed by atoms with Crippen molar-refractivity contribution in [3.05, 3.63) is 48.6 Å². The summed E-state index contributed by atoms with van der Waals surface area (Å²) in [5, 5.41) is 6.75. The number of carbonyl (C=O) groups is 1. The van der Waals surface area contributed by atoms with E-state index in [0.29, 0.717) is 48.5 Å². The molecule has 0 aliphatic carbocycles. The van der Waals surface area contributed by atoms with Crippen molar-refractivity contribution in [1.29, 1.82) is 0 Å². The highest BCUT2D eigenvalue weighted by molar-refractivity contribution is 5.91. The van der Waals surface area contributed by atoms with E-state index >= 15 is 0 Å². The van der Waals surface area contributed by atoms with Crippen molar-refractivity contribution in [3.63, 3.8) is 0 Å². The first-order valence-corrected chi connectivity index (χ1v) is 8.20. The number of amides is 1. The molecular weight excluding hydrogens is 336 g/mol. The fourth-order valence-corrected chi connectivity index (χ4v) is 2.54. The van der Waals surface area contributed by atoms with E-state index in [1.54, 1.807) is 42.7 Å². The summed E-state index contributed by atoms with van der Waals surface area (Å²) >= 11 is 0. The van der Waals surface area contributed by atoms with Gasteiger partial charge in [-0.25, -0.2) is 0 Å². The number of pyridine rings is 1. The Labute approximate surface area is 149 Å². The zero-order valence-electron chi connectivity index (χ0n) is 13.8. The van der Waals surface area contributed by atoms with E-state index in [4.69, 9.17) is 14.0 Å². The van der Waals surface area contributed by atoms with Gasteiger partial charge >= 0.3 is 0 Å². The first kappa shape index (κ1) is 16.1. The number of rotatable bonds is 5. The molecule has 3 heterocycles. The number of fused-ring (bicyclic) bond motifs is 1. The molecule has 0 spiro atoms. The van der Waals surface area contributed by atoms with Gasteiger partial charge in [-0.2, -0.15) is 4.98 Å². The van der Waals surface area contributed by atoms with Crippen LogP contribution in [0.5, 0.6) is 11.5 Å². The van der Waals surface area contributed by atoms with Crippen LogP contribution >= 0.6 is 0 Å². The number of benzene rings is 1. The number of hydrogen-bond acceptors (Lipinski definition) is 7. The lowest BCUT2D eigenvalue weighted by atomic mass is 10.2. The SMILES string of the molecule is O=C(CCc1nc(-c2ccncc2)no1)Nc1ccc2c(c1)OCCO2. The predicted molar refractivity (Wildman–Crippen MR) is 91.9 cm³/mol. The third-order valence-corrected chi connectivity index (χ3v) is 3.80. The Morgan fingerprint density at radius 3 is 2.73 bits per heavy atom. The predicted octanol–water partition coefficient (Wildman–Crippen LogP) is 2.47. The molecule has 0 atom stereocenters. The van der Waals surface area contributed by atoms with E-state index in [9.17, 15) is 4.79 Å². The summed E-state index contributed by atoms with van der Waals surface area (Å²) in [5.41, 5.74) is 1.47. The lowest BCUT2D eigenvalue weighted by molar-refractivity contribution is -0.116. The number of aromatic nitrogens is 3. The van der Waals surface area contributed by atoms with E-state index in [0.717, 1.165) is 5.56 Å². The third kappa shape index (κ3) is 3.64. The summed E-state index contributed by atoms with van der Waals surface area (Å²) in [7, 11) is 0. The lowest BCUT2D eigenvalue weighted by Crippen LogP contribution is -2.16. The molecule has 8 nitrogen and oxygen atoms in total. The largest absolute Gasteiger partial charge is 0.486 e. The summed E-state index contributed by atoms with van der Waals surface area (Å²) in [6.07, 6.45) is 3.90. The van der Waals surface area contributed by atoms with Gasteiger partial charge in [0.2, 0.25) is 17.6 Å². The summed E-state index contributed by atoms with van der Waals surface area (Å²) < 4.78 is 16.2. The number of anilines is 1. The average molecular weight is 352 g/mol. The van der Waals surface area contributed by atoms with E-state index in [-0.39, 0.29) is 12.3 Å². The van der Waals surface area contributed by atoms with Crippen molar-refractivity contribution >= 4 is 11.6 Å². The lowest BCUT2D eigenvalue weighted by Gasteiger charge is -2.18. The zero-order valence-corrected chi connectivity index (χ0v) is 13.8. The average Bonchev–Trinajstić information content (AvgIpc) is 3.16. The Morgan fingerprint density at radius 1 is 1.08 bits per heavy atom. The van der Waals surface area contributed by atoms with Crippen LogP contribution in [0.4, 0.5) is 5.69 Å². The Morgan fingerprint density at radius 2 is 1.88 bits per heavy atom. The minimum absolute atomic E-state index is 0.148. The molecule has 3 aromatic rings. The van der Waals surface area contributed by atoms with Crippen molar-refractivity contribution in [3.8, 4) is 22.9 Å². The van der Waals surface area contributed by atoms with Gasteiger partial charge in [0.1, 0.15) is 13.2 Å². The fourth-order valence-electron chi connectivity index (χ4n) is 2.54. The van der Waals surface area contributed by atoms with Gasteiger partial charge in [0.05, 0.1) is 0 Å². The maximum atomic E-state index is 12.1. The van der Waals surface area contributed by atoms with Crippen molar-refractivity contribution in [1.82, 2.24) is 15.1 Å². The van der Waals surface area contributed by atoms with Gasteiger partial charge in [-0.1, -0.05) is 5.16 Å². The first-order chi connectivity index (χ1) is 12.8. The number of ether oxygens (including phenoxy) is 2. The molecule has 0 radical (unpaired) electrons. The van der Waals surface area contributed by atoms with Crippen molar-refractivity contribution in [2.75, 3.05) is 18.5 Å². The molecule has 1 amide bonds. The van der Waals surface area contributed by atoms with Crippen molar-refractivity contribution in [2.24, 2.45) is 0 Å². The van der Waals surface area contributed by atoms with Crippen LogP contribution in [0.3, 0.4) is 0 Å². The molecule has 26 heavy (non-hydrogen) atoms. The molecule has 132 valence electrons. The summed E-state index contributed by atoms with van der Waals surface area (Å²) in [4.78, 5) is 20.4. The second-order valence-corrected chi connectivity index (χ2v) is 5.65. The van der Waals surface area contributed by atoms with E-state index in [2.05, 4.69) is 20.4 Å². The van der Waals surface area contributed by atoms with E-state index < -0.39 is 0 Å². The molecule has 4 rings (SSSR count). The smallest absolute Gasteiger partial charge is 0.227 e. The Bertz CT molecular complexity index is 911. The monoisotopic (exact) mass is 352 g/mol. The second kappa shape index (κ2) is 7.22. The molecule has 0 saturated heterocycles. The Kier molecular flexibility index (Phi) is 4.46. The van der Waals surface area contributed by atoms with E-state index in [1.165, 1.54) is 0 Å². The number of hydrogen-bond donors (Lipinski definition) is 1. The Balaban J connectivity index is 1.34. The van der Waals surface area contributed by atoms with Gasteiger partial charge in [0, 0.05) is 42.6 Å². The molecule has 0 saturated carbocycles. The van der Waals surface area contributed by atoms with Gasteiger partial charge < -0.3 is 19.3 Å². The highest BCUT2D eigenvalue weighted by atomic mass is 16.6. The highest BCUT2D eigenvalue weighted by Crippen LogP contribution is 2.32. The van der Waals surface area contributed by atoms with Gasteiger partial charge in [-0.3, -0.25) is 9.78 Å². The molecule has 1 aliphatic rings. The van der Waals surface area contributed by atoms with Crippen LogP contribution in [-0.2, 0) is 11.2 Å². The van der Waals surface area contributed by atoms with Crippen molar-refractivity contribution in [2.45, 2.75) is 12.8 Å². The van der Waals surface area contributed by atoms with Gasteiger partial charge in [0.15, 0.2) is 11.5 Å². The molecule has 1 aliphatic heterocycles. The minimum atomic E-state index is -0.148. The van der Waals surface area contributed by atoms with Gasteiger partial charge in [0.25, 0.3) is 0 Å². The molecule has 0 bridgehead atoms.